The SMILES string of the molecule is COC(=O)c1cc(Br)cc([Si](C)(C)COC(C)=O)c1. The van der Waals surface area contributed by atoms with Crippen LogP contribution in [0.5, 0.6) is 0 Å². The lowest BCUT2D eigenvalue weighted by molar-refractivity contribution is -0.139. The van der Waals surface area contributed by atoms with Gasteiger partial charge in [0.15, 0.2) is 0 Å². The van der Waals surface area contributed by atoms with Crippen molar-refractivity contribution in [1.82, 2.24) is 0 Å². The fraction of sp³-hybridized carbons (Fsp3) is 0.385. The predicted octanol–water partition coefficient (Wildman–Crippen LogP) is 2.25. The van der Waals surface area contributed by atoms with E-state index in [0.717, 1.165) is 9.66 Å². The molecule has 0 aromatic heterocycles. The zero-order valence-electron chi connectivity index (χ0n) is 11.5. The number of carbonyl (C=O) groups is 2. The van der Waals surface area contributed by atoms with Crippen molar-refractivity contribution in [2.75, 3.05) is 13.3 Å². The van der Waals surface area contributed by atoms with Gasteiger partial charge in [-0.15, -0.1) is 0 Å². The molecule has 0 fully saturated rings. The molecule has 1 rings (SSSR count). The van der Waals surface area contributed by atoms with Crippen molar-refractivity contribution in [3.63, 3.8) is 0 Å². The number of hydrogen-bond acceptors (Lipinski definition) is 4. The third-order valence-electron chi connectivity index (χ3n) is 2.74. The van der Waals surface area contributed by atoms with Crippen LogP contribution in [-0.4, -0.2) is 33.4 Å². The van der Waals surface area contributed by atoms with Crippen LogP contribution in [-0.2, 0) is 14.3 Å². The first-order valence-electron chi connectivity index (χ1n) is 5.79. The summed E-state index contributed by atoms with van der Waals surface area (Å²) in [5.41, 5.74) is 0.496. The van der Waals surface area contributed by atoms with E-state index in [0.29, 0.717) is 11.8 Å². The Bertz CT molecular complexity index is 499. The number of methoxy groups -OCH3 is 1. The molecule has 0 unspecified atom stereocenters. The fourth-order valence-corrected chi connectivity index (χ4v) is 4.11. The van der Waals surface area contributed by atoms with Gasteiger partial charge in [0.1, 0.15) is 8.07 Å². The summed E-state index contributed by atoms with van der Waals surface area (Å²) < 4.78 is 10.7. The second-order valence-electron chi connectivity index (χ2n) is 4.88. The number of ether oxygens (including phenoxy) is 2. The highest BCUT2D eigenvalue weighted by Crippen LogP contribution is 2.15. The van der Waals surface area contributed by atoms with Gasteiger partial charge in [0.25, 0.3) is 0 Å². The van der Waals surface area contributed by atoms with Crippen molar-refractivity contribution in [3.8, 4) is 0 Å². The van der Waals surface area contributed by atoms with Gasteiger partial charge in [0.05, 0.1) is 18.9 Å². The zero-order valence-corrected chi connectivity index (χ0v) is 14.0. The van der Waals surface area contributed by atoms with E-state index in [9.17, 15) is 9.59 Å². The van der Waals surface area contributed by atoms with Crippen molar-refractivity contribution in [3.05, 3.63) is 28.2 Å². The smallest absolute Gasteiger partial charge is 0.337 e. The quantitative estimate of drug-likeness (QED) is 0.620. The summed E-state index contributed by atoms with van der Waals surface area (Å²) in [6.07, 6.45) is 0.388. The molecular formula is C13H17BrO4Si. The number of halogens is 1. The number of rotatable bonds is 4. The van der Waals surface area contributed by atoms with Crippen LogP contribution in [0, 0.1) is 0 Å². The third kappa shape index (κ3) is 4.47. The molecule has 0 bridgehead atoms. The minimum absolute atomic E-state index is 0.288. The van der Waals surface area contributed by atoms with Gasteiger partial charge in [0.2, 0.25) is 0 Å². The first kappa shape index (κ1) is 15.9. The molecule has 0 spiro atoms. The van der Waals surface area contributed by atoms with Crippen LogP contribution in [0.3, 0.4) is 0 Å². The Balaban J connectivity index is 3.08. The van der Waals surface area contributed by atoms with Crippen LogP contribution in [0.2, 0.25) is 13.1 Å². The van der Waals surface area contributed by atoms with E-state index in [4.69, 9.17) is 9.47 Å². The van der Waals surface area contributed by atoms with Crippen LogP contribution in [0.25, 0.3) is 0 Å². The highest BCUT2D eigenvalue weighted by atomic mass is 79.9. The van der Waals surface area contributed by atoms with Crippen LogP contribution < -0.4 is 5.19 Å². The normalized spacial score (nSPS) is 11.0. The minimum Gasteiger partial charge on any atom is -0.469 e. The summed E-state index contributed by atoms with van der Waals surface area (Å²) >= 11 is 3.39. The lowest BCUT2D eigenvalue weighted by Gasteiger charge is -2.23. The molecule has 0 atom stereocenters. The van der Waals surface area contributed by atoms with Gasteiger partial charge in [0, 0.05) is 11.4 Å². The molecule has 104 valence electrons. The first-order valence-corrected chi connectivity index (χ1v) is 9.79. The summed E-state index contributed by atoms with van der Waals surface area (Å²) in [5, 5.41) is 1.03. The number of benzene rings is 1. The second kappa shape index (κ2) is 6.34. The second-order valence-corrected chi connectivity index (χ2v) is 10.4. The molecule has 0 aliphatic carbocycles. The molecule has 0 radical (unpaired) electrons. The van der Waals surface area contributed by atoms with Gasteiger partial charge in [-0.3, -0.25) is 4.79 Å². The molecule has 0 N–H and O–H groups in total. The molecule has 19 heavy (non-hydrogen) atoms. The Hall–Kier alpha value is -1.14. The highest BCUT2D eigenvalue weighted by Gasteiger charge is 2.27. The third-order valence-corrected chi connectivity index (χ3v) is 5.91. The van der Waals surface area contributed by atoms with E-state index in [1.54, 1.807) is 6.07 Å². The van der Waals surface area contributed by atoms with E-state index in [-0.39, 0.29) is 11.9 Å². The maximum absolute atomic E-state index is 11.6. The summed E-state index contributed by atoms with van der Waals surface area (Å²) in [4.78, 5) is 22.5. The van der Waals surface area contributed by atoms with E-state index in [1.807, 2.05) is 12.1 Å². The van der Waals surface area contributed by atoms with Gasteiger partial charge in [-0.2, -0.15) is 0 Å². The molecule has 0 saturated carbocycles. The van der Waals surface area contributed by atoms with Crippen molar-refractivity contribution < 1.29 is 19.1 Å². The summed E-state index contributed by atoms with van der Waals surface area (Å²) in [7, 11) is -0.593. The molecule has 0 heterocycles. The summed E-state index contributed by atoms with van der Waals surface area (Å²) in [6.45, 7) is 5.56. The van der Waals surface area contributed by atoms with Crippen molar-refractivity contribution in [2.24, 2.45) is 0 Å². The van der Waals surface area contributed by atoms with Crippen LogP contribution in [0.1, 0.15) is 17.3 Å². The van der Waals surface area contributed by atoms with E-state index >= 15 is 0 Å². The Morgan fingerprint density at radius 3 is 2.42 bits per heavy atom. The van der Waals surface area contributed by atoms with E-state index in [2.05, 4.69) is 29.0 Å². The van der Waals surface area contributed by atoms with Gasteiger partial charge >= 0.3 is 11.9 Å². The summed E-state index contributed by atoms with van der Waals surface area (Å²) in [5.74, 6) is -0.663. The van der Waals surface area contributed by atoms with Crippen LogP contribution >= 0.6 is 15.9 Å². The van der Waals surface area contributed by atoms with Gasteiger partial charge in [-0.25, -0.2) is 4.79 Å². The molecule has 0 saturated heterocycles. The highest BCUT2D eigenvalue weighted by molar-refractivity contribution is 9.10. The van der Waals surface area contributed by atoms with Crippen molar-refractivity contribution in [2.45, 2.75) is 20.0 Å². The molecular weight excluding hydrogens is 328 g/mol. The molecule has 1 aromatic carbocycles. The number of hydrogen-bond donors (Lipinski definition) is 0. The van der Waals surface area contributed by atoms with Crippen LogP contribution in [0.15, 0.2) is 22.7 Å². The largest absolute Gasteiger partial charge is 0.469 e. The molecule has 4 nitrogen and oxygen atoms in total. The first-order chi connectivity index (χ1) is 8.76. The molecule has 0 aliphatic rings. The Morgan fingerprint density at radius 2 is 1.89 bits per heavy atom. The Kier molecular flexibility index (Phi) is 5.31. The fourth-order valence-electron chi connectivity index (χ4n) is 1.58. The maximum Gasteiger partial charge on any atom is 0.337 e. The molecule has 6 heteroatoms. The number of carbonyl (C=O) groups excluding carboxylic acids is 2. The van der Waals surface area contributed by atoms with Crippen LogP contribution in [0.4, 0.5) is 0 Å². The molecule has 0 amide bonds. The minimum atomic E-state index is -1.94. The predicted molar refractivity (Wildman–Crippen MR) is 79.2 cm³/mol. The lowest BCUT2D eigenvalue weighted by Crippen LogP contribution is -2.47. The average molecular weight is 345 g/mol. The standard InChI is InChI=1S/C13H17BrO4Si/c1-9(15)18-8-19(3,4)12-6-10(13(16)17-2)5-11(14)7-12/h5-7H,8H2,1-4H3. The molecule has 0 aliphatic heterocycles. The lowest BCUT2D eigenvalue weighted by atomic mass is 10.2. The Labute approximate surface area is 122 Å². The van der Waals surface area contributed by atoms with Gasteiger partial charge in [-0.1, -0.05) is 34.2 Å². The van der Waals surface area contributed by atoms with Gasteiger partial charge < -0.3 is 9.47 Å². The van der Waals surface area contributed by atoms with E-state index < -0.39 is 8.07 Å². The Morgan fingerprint density at radius 1 is 1.26 bits per heavy atom. The topological polar surface area (TPSA) is 52.6 Å². The van der Waals surface area contributed by atoms with Crippen molar-refractivity contribution in [1.29, 1.82) is 0 Å². The maximum atomic E-state index is 11.6. The number of esters is 2. The summed E-state index contributed by atoms with van der Waals surface area (Å²) in [6, 6.07) is 5.49. The zero-order chi connectivity index (χ0) is 14.6. The van der Waals surface area contributed by atoms with Crippen molar-refractivity contribution >= 4 is 41.1 Å². The monoisotopic (exact) mass is 344 g/mol. The molecule has 1 aromatic rings. The van der Waals surface area contributed by atoms with Gasteiger partial charge in [-0.05, 0) is 18.2 Å². The van der Waals surface area contributed by atoms with E-state index in [1.165, 1.54) is 14.0 Å². The average Bonchev–Trinajstić information content (AvgIpc) is 2.34.